The monoisotopic (exact) mass is 240 g/mol. The molecular weight excluding hydrogens is 220 g/mol. The SMILES string of the molecule is CCCNc1ccnc(-c2ccc(CC)cc2)c1. The number of aromatic nitrogens is 1. The highest BCUT2D eigenvalue weighted by atomic mass is 14.9. The molecule has 2 aromatic rings. The number of benzene rings is 1. The first-order chi connectivity index (χ1) is 8.83. The summed E-state index contributed by atoms with van der Waals surface area (Å²) in [6, 6.07) is 12.7. The number of hydrogen-bond donors (Lipinski definition) is 1. The molecule has 2 heteroatoms. The molecule has 18 heavy (non-hydrogen) atoms. The van der Waals surface area contributed by atoms with E-state index in [0.717, 1.165) is 30.8 Å². The van der Waals surface area contributed by atoms with Gasteiger partial charge in [0.15, 0.2) is 0 Å². The Morgan fingerprint density at radius 2 is 1.83 bits per heavy atom. The fraction of sp³-hybridized carbons (Fsp3) is 0.312. The van der Waals surface area contributed by atoms with Gasteiger partial charge in [-0.1, -0.05) is 38.1 Å². The van der Waals surface area contributed by atoms with E-state index in [9.17, 15) is 0 Å². The summed E-state index contributed by atoms with van der Waals surface area (Å²) in [6.45, 7) is 5.33. The van der Waals surface area contributed by atoms with E-state index < -0.39 is 0 Å². The van der Waals surface area contributed by atoms with Crippen molar-refractivity contribution in [3.05, 3.63) is 48.2 Å². The molecule has 2 nitrogen and oxygen atoms in total. The van der Waals surface area contributed by atoms with Gasteiger partial charge in [0.05, 0.1) is 5.69 Å². The quantitative estimate of drug-likeness (QED) is 0.849. The molecule has 0 atom stereocenters. The maximum atomic E-state index is 4.43. The minimum Gasteiger partial charge on any atom is -0.385 e. The minimum absolute atomic E-state index is 0.998. The lowest BCUT2D eigenvalue weighted by Gasteiger charge is -2.07. The molecular formula is C16H20N2. The van der Waals surface area contributed by atoms with Crippen LogP contribution in [-0.4, -0.2) is 11.5 Å². The van der Waals surface area contributed by atoms with E-state index >= 15 is 0 Å². The number of hydrogen-bond acceptors (Lipinski definition) is 2. The topological polar surface area (TPSA) is 24.9 Å². The maximum absolute atomic E-state index is 4.43. The third kappa shape index (κ3) is 3.10. The summed E-state index contributed by atoms with van der Waals surface area (Å²) >= 11 is 0. The van der Waals surface area contributed by atoms with E-state index in [0.29, 0.717) is 0 Å². The number of aryl methyl sites for hydroxylation is 1. The van der Waals surface area contributed by atoms with Crippen LogP contribution < -0.4 is 5.32 Å². The summed E-state index contributed by atoms with van der Waals surface area (Å²) in [6.07, 6.45) is 4.07. The van der Waals surface area contributed by atoms with Crippen LogP contribution >= 0.6 is 0 Å². The van der Waals surface area contributed by atoms with Crippen LogP contribution in [0.25, 0.3) is 11.3 Å². The van der Waals surface area contributed by atoms with Crippen molar-refractivity contribution < 1.29 is 0 Å². The Hall–Kier alpha value is -1.83. The number of anilines is 1. The standard InChI is InChI=1S/C16H20N2/c1-3-10-17-15-9-11-18-16(12-15)14-7-5-13(4-2)6-8-14/h5-9,11-12H,3-4,10H2,1-2H3,(H,17,18). The molecule has 0 bridgehead atoms. The van der Waals surface area contributed by atoms with Crippen LogP contribution in [0.4, 0.5) is 5.69 Å². The predicted molar refractivity (Wildman–Crippen MR) is 77.8 cm³/mol. The van der Waals surface area contributed by atoms with Gasteiger partial charge < -0.3 is 5.32 Å². The molecule has 94 valence electrons. The number of rotatable bonds is 5. The third-order valence-electron chi connectivity index (χ3n) is 3.00. The van der Waals surface area contributed by atoms with E-state index in [1.54, 1.807) is 0 Å². The molecule has 1 heterocycles. The number of nitrogens with zero attached hydrogens (tertiary/aromatic N) is 1. The van der Waals surface area contributed by atoms with Crippen LogP contribution in [0.2, 0.25) is 0 Å². The molecule has 0 aliphatic carbocycles. The molecule has 1 aromatic heterocycles. The van der Waals surface area contributed by atoms with Crippen LogP contribution in [-0.2, 0) is 6.42 Å². The van der Waals surface area contributed by atoms with Gasteiger partial charge in [0.2, 0.25) is 0 Å². The normalized spacial score (nSPS) is 10.3. The Morgan fingerprint density at radius 1 is 1.06 bits per heavy atom. The number of pyridine rings is 1. The lowest BCUT2D eigenvalue weighted by molar-refractivity contribution is 0.979. The Labute approximate surface area is 109 Å². The average molecular weight is 240 g/mol. The second-order valence-corrected chi connectivity index (χ2v) is 4.41. The van der Waals surface area contributed by atoms with Crippen molar-refractivity contribution in [2.24, 2.45) is 0 Å². The van der Waals surface area contributed by atoms with Crippen molar-refractivity contribution in [1.82, 2.24) is 4.98 Å². The predicted octanol–water partition coefficient (Wildman–Crippen LogP) is 4.13. The Morgan fingerprint density at radius 3 is 2.50 bits per heavy atom. The smallest absolute Gasteiger partial charge is 0.0722 e. The lowest BCUT2D eigenvalue weighted by Crippen LogP contribution is -1.99. The van der Waals surface area contributed by atoms with Crippen molar-refractivity contribution in [3.8, 4) is 11.3 Å². The molecule has 0 aliphatic rings. The van der Waals surface area contributed by atoms with Crippen LogP contribution in [0.3, 0.4) is 0 Å². The fourth-order valence-corrected chi connectivity index (χ4v) is 1.88. The van der Waals surface area contributed by atoms with Crippen molar-refractivity contribution in [2.45, 2.75) is 26.7 Å². The zero-order valence-corrected chi connectivity index (χ0v) is 11.1. The summed E-state index contributed by atoms with van der Waals surface area (Å²) in [5.74, 6) is 0. The van der Waals surface area contributed by atoms with Gasteiger partial charge in [-0.3, -0.25) is 4.98 Å². The summed E-state index contributed by atoms with van der Waals surface area (Å²) in [7, 11) is 0. The molecule has 0 saturated heterocycles. The van der Waals surface area contributed by atoms with Crippen molar-refractivity contribution in [2.75, 3.05) is 11.9 Å². The van der Waals surface area contributed by atoms with Crippen LogP contribution in [0, 0.1) is 0 Å². The van der Waals surface area contributed by atoms with Gasteiger partial charge in [-0.25, -0.2) is 0 Å². The molecule has 2 rings (SSSR count). The van der Waals surface area contributed by atoms with E-state index in [2.05, 4.69) is 54.5 Å². The van der Waals surface area contributed by atoms with Gasteiger partial charge in [-0.05, 0) is 30.5 Å². The summed E-state index contributed by atoms with van der Waals surface area (Å²) in [5, 5.41) is 3.39. The van der Waals surface area contributed by atoms with Crippen LogP contribution in [0.1, 0.15) is 25.8 Å². The first-order valence-corrected chi connectivity index (χ1v) is 6.62. The van der Waals surface area contributed by atoms with E-state index in [1.165, 1.54) is 11.1 Å². The minimum atomic E-state index is 0.998. The van der Waals surface area contributed by atoms with E-state index in [4.69, 9.17) is 0 Å². The molecule has 0 saturated carbocycles. The largest absolute Gasteiger partial charge is 0.385 e. The van der Waals surface area contributed by atoms with Gasteiger partial charge in [0, 0.05) is 24.0 Å². The van der Waals surface area contributed by atoms with Gasteiger partial charge in [-0.15, -0.1) is 0 Å². The fourth-order valence-electron chi connectivity index (χ4n) is 1.88. The third-order valence-corrected chi connectivity index (χ3v) is 3.00. The highest BCUT2D eigenvalue weighted by Crippen LogP contribution is 2.20. The molecule has 0 aliphatic heterocycles. The van der Waals surface area contributed by atoms with E-state index in [1.807, 2.05) is 12.3 Å². The first-order valence-electron chi connectivity index (χ1n) is 6.62. The average Bonchev–Trinajstić information content (AvgIpc) is 2.45. The highest BCUT2D eigenvalue weighted by Gasteiger charge is 2.00. The van der Waals surface area contributed by atoms with Crippen LogP contribution in [0.15, 0.2) is 42.6 Å². The van der Waals surface area contributed by atoms with Crippen molar-refractivity contribution >= 4 is 5.69 Å². The molecule has 0 radical (unpaired) electrons. The lowest BCUT2D eigenvalue weighted by atomic mass is 10.1. The molecule has 0 fully saturated rings. The van der Waals surface area contributed by atoms with Crippen molar-refractivity contribution in [3.63, 3.8) is 0 Å². The zero-order chi connectivity index (χ0) is 12.8. The molecule has 1 aromatic carbocycles. The zero-order valence-electron chi connectivity index (χ0n) is 11.1. The molecule has 1 N–H and O–H groups in total. The van der Waals surface area contributed by atoms with Gasteiger partial charge >= 0.3 is 0 Å². The van der Waals surface area contributed by atoms with Crippen molar-refractivity contribution in [1.29, 1.82) is 0 Å². The molecule has 0 unspecified atom stereocenters. The van der Waals surface area contributed by atoms with E-state index in [-0.39, 0.29) is 0 Å². The molecule has 0 amide bonds. The maximum Gasteiger partial charge on any atom is 0.0722 e. The summed E-state index contributed by atoms with van der Waals surface area (Å²) in [4.78, 5) is 4.43. The Bertz CT molecular complexity index is 489. The highest BCUT2D eigenvalue weighted by molar-refractivity contribution is 5.64. The summed E-state index contributed by atoms with van der Waals surface area (Å²) < 4.78 is 0. The Balaban J connectivity index is 2.20. The van der Waals surface area contributed by atoms with Gasteiger partial charge in [0.25, 0.3) is 0 Å². The second kappa shape index (κ2) is 6.20. The molecule has 0 spiro atoms. The van der Waals surface area contributed by atoms with Crippen LogP contribution in [0.5, 0.6) is 0 Å². The number of nitrogens with one attached hydrogen (secondary N) is 1. The first kappa shape index (κ1) is 12.6. The second-order valence-electron chi connectivity index (χ2n) is 4.41. The Kier molecular flexibility index (Phi) is 4.35. The van der Waals surface area contributed by atoms with Gasteiger partial charge in [0.1, 0.15) is 0 Å². The summed E-state index contributed by atoms with van der Waals surface area (Å²) in [5.41, 5.74) is 4.70. The van der Waals surface area contributed by atoms with Gasteiger partial charge in [-0.2, -0.15) is 0 Å².